The molecule has 0 bridgehead atoms. The number of amides is 8. The quantitative estimate of drug-likeness (QED) is 0.0224. The van der Waals surface area contributed by atoms with E-state index in [9.17, 15) is 58.2 Å². The predicted octanol–water partition coefficient (Wildman–Crippen LogP) is 2.78. The Hall–Kier alpha value is -8.28. The normalized spacial score (nSPS) is 13.3. The highest BCUT2D eigenvalue weighted by molar-refractivity contribution is 8.76. The van der Waals surface area contributed by atoms with Gasteiger partial charge >= 0.3 is 24.1 Å². The van der Waals surface area contributed by atoms with Crippen molar-refractivity contribution in [3.8, 4) is 22.3 Å². The van der Waals surface area contributed by atoms with Crippen molar-refractivity contribution < 1.29 is 67.6 Å². The van der Waals surface area contributed by atoms with Gasteiger partial charge in [-0.1, -0.05) is 119 Å². The van der Waals surface area contributed by atoms with Crippen molar-refractivity contribution in [1.29, 1.82) is 0 Å². The molecular formula is C64H86N12O14S2. The molecule has 0 aliphatic heterocycles. The zero-order valence-corrected chi connectivity index (χ0v) is 53.1. The number of benzene rings is 4. The smallest absolute Gasteiger partial charge is 0.407 e. The molecule has 0 spiro atoms. The third-order valence-corrected chi connectivity index (χ3v) is 17.6. The molecule has 26 nitrogen and oxygen atoms in total. The lowest BCUT2D eigenvalue weighted by Crippen LogP contribution is -2.51. The molecule has 28 heteroatoms. The monoisotopic (exact) mass is 1310 g/mol. The molecule has 0 aromatic heterocycles. The average Bonchev–Trinajstić information content (AvgIpc) is 1.64. The summed E-state index contributed by atoms with van der Waals surface area (Å²) >= 11 is 0. The number of fused-ring (bicyclic) bond motifs is 6. The lowest BCUT2D eigenvalue weighted by Gasteiger charge is -2.20. The number of hydrogen-bond acceptors (Lipinski definition) is 18. The average molecular weight is 1310 g/mol. The topological polar surface area (TPSA) is 402 Å². The second-order valence-corrected chi connectivity index (χ2v) is 24.6. The number of carbonyl (C=O) groups is 10. The molecule has 8 amide bonds. The van der Waals surface area contributed by atoms with E-state index in [0.29, 0.717) is 71.6 Å². The minimum absolute atomic E-state index is 0.0255. The van der Waals surface area contributed by atoms with Gasteiger partial charge in [0.25, 0.3) is 0 Å². The van der Waals surface area contributed by atoms with Gasteiger partial charge in [0.05, 0.1) is 13.1 Å². The van der Waals surface area contributed by atoms with E-state index in [4.69, 9.17) is 20.9 Å². The summed E-state index contributed by atoms with van der Waals surface area (Å²) in [6.07, 6.45) is 2.01. The number of carbonyl (C=O) groups excluding carboxylic acids is 8. The molecule has 0 saturated carbocycles. The Kier molecular flexibility index (Phi) is 31.5. The maximum absolute atomic E-state index is 13.4. The number of carboxylic acids is 2. The summed E-state index contributed by atoms with van der Waals surface area (Å²) in [5.74, 6) is -6.78. The molecule has 0 heterocycles. The Labute approximate surface area is 542 Å². The SMILES string of the molecule is N[C@@H](CCC(=O)N[C@@H](CSSC[C@H](NC(=O)CC[C@H](N)C(=O)O)C(=O)NCC(=O)NCCCNCCCCNC(=O)OCC1c2ccccc2-c2ccccc21)C(=O)NCC(=O)NCCCCNCCCNC(=O)OCC1c2ccccc2-c2ccccc21)C(=O)O. The van der Waals surface area contributed by atoms with Crippen molar-refractivity contribution in [2.45, 2.75) is 100 Å². The highest BCUT2D eigenvalue weighted by Gasteiger charge is 2.31. The van der Waals surface area contributed by atoms with Crippen LogP contribution >= 0.6 is 21.6 Å². The van der Waals surface area contributed by atoms with Gasteiger partial charge in [0.15, 0.2) is 0 Å². The number of ether oxygens (including phenoxy) is 2. The lowest BCUT2D eigenvalue weighted by molar-refractivity contribution is -0.140. The van der Waals surface area contributed by atoms with E-state index in [1.54, 1.807) is 0 Å². The van der Waals surface area contributed by atoms with E-state index in [-0.39, 0.29) is 62.2 Å². The molecule has 0 radical (unpaired) electrons. The first-order chi connectivity index (χ1) is 44.5. The number of hydrogen-bond donors (Lipinski definition) is 14. The van der Waals surface area contributed by atoms with Crippen LogP contribution in [0.1, 0.15) is 98.3 Å². The Morgan fingerprint density at radius 2 is 0.728 bits per heavy atom. The van der Waals surface area contributed by atoms with Gasteiger partial charge in [-0.15, -0.1) is 0 Å². The highest BCUT2D eigenvalue weighted by atomic mass is 33.1. The molecule has 0 saturated heterocycles. The van der Waals surface area contributed by atoms with Crippen molar-refractivity contribution in [2.24, 2.45) is 11.5 Å². The molecule has 2 aliphatic rings. The maximum Gasteiger partial charge on any atom is 0.407 e. The summed E-state index contributed by atoms with van der Waals surface area (Å²) in [6.45, 7) is 3.63. The summed E-state index contributed by atoms with van der Waals surface area (Å²) < 4.78 is 11.2. The van der Waals surface area contributed by atoms with Gasteiger partial charge in [0.2, 0.25) is 35.4 Å². The van der Waals surface area contributed by atoms with E-state index in [2.05, 4.69) is 102 Å². The number of alkyl carbamates (subject to hydrolysis) is 2. The van der Waals surface area contributed by atoms with Crippen LogP contribution in [0.3, 0.4) is 0 Å². The summed E-state index contributed by atoms with van der Waals surface area (Å²) in [6, 6.07) is 27.3. The minimum Gasteiger partial charge on any atom is -0.480 e. The predicted molar refractivity (Wildman–Crippen MR) is 350 cm³/mol. The number of nitrogens with one attached hydrogen (secondary N) is 10. The highest BCUT2D eigenvalue weighted by Crippen LogP contribution is 2.45. The third kappa shape index (κ3) is 24.7. The fourth-order valence-corrected chi connectivity index (χ4v) is 12.5. The Morgan fingerprint density at radius 3 is 1.10 bits per heavy atom. The van der Waals surface area contributed by atoms with Gasteiger partial charge in [0.1, 0.15) is 37.4 Å². The fraction of sp³-hybridized carbons (Fsp3) is 0.469. The number of carboxylic acid groups (broad SMARTS) is 2. The van der Waals surface area contributed by atoms with Crippen LogP contribution < -0.4 is 64.6 Å². The molecule has 4 aromatic rings. The van der Waals surface area contributed by atoms with Gasteiger partial charge < -0.3 is 84.3 Å². The second-order valence-electron chi connectivity index (χ2n) is 22.0. The zero-order valence-electron chi connectivity index (χ0n) is 51.4. The number of unbranched alkanes of at least 4 members (excludes halogenated alkanes) is 2. The van der Waals surface area contributed by atoms with E-state index >= 15 is 0 Å². The maximum atomic E-state index is 13.4. The van der Waals surface area contributed by atoms with Crippen LogP contribution in [0.5, 0.6) is 0 Å². The molecule has 0 fully saturated rings. The Bertz CT molecular complexity index is 2830. The Morgan fingerprint density at radius 1 is 0.413 bits per heavy atom. The first-order valence-corrected chi connectivity index (χ1v) is 33.5. The lowest BCUT2D eigenvalue weighted by atomic mass is 9.98. The molecular weight excluding hydrogens is 1220 g/mol. The van der Waals surface area contributed by atoms with Crippen LogP contribution in [-0.2, 0) is 47.8 Å². The summed E-state index contributed by atoms with van der Waals surface area (Å²) in [7, 11) is 2.05. The molecule has 6 rings (SSSR count). The summed E-state index contributed by atoms with van der Waals surface area (Å²) in [5.41, 5.74) is 20.3. The molecule has 4 atom stereocenters. The van der Waals surface area contributed by atoms with Crippen LogP contribution in [0, 0.1) is 0 Å². The molecule has 92 heavy (non-hydrogen) atoms. The van der Waals surface area contributed by atoms with E-state index in [1.165, 1.54) is 0 Å². The van der Waals surface area contributed by atoms with Crippen LogP contribution in [0.25, 0.3) is 22.3 Å². The standard InChI is InChI=1S/C64H86N12O14S2/c65-51(61(83)84)23-25-55(77)75-53(59(81)73-35-57(79)69-31-11-9-27-68-30-14-34-72-64(88)90-38-50-47-21-7-3-17-43(47)44-18-4-8-22-48(44)50)39-91-92-40-54(76-56(78)26-24-52(66)62(85)86)60(82)74-36-58(80)70-33-13-29-67-28-10-12-32-71-63(87)89-37-49-45-19-5-1-15-41(45)42-16-2-6-20-46(42)49/h1-8,15-22,49-54,67-68H,9-14,23-40,65-66H2,(H,69,79)(H,70,80)(H,71,87)(H,72,88)(H,73,81)(H,74,82)(H,75,77)(H,76,78)(H,83,84)(H,85,86)/t51-,52-,53-,54-/m0/s1. The fourth-order valence-electron chi connectivity index (χ4n) is 10.2. The second kappa shape index (κ2) is 39.9. The number of nitrogens with two attached hydrogens (primary N) is 2. The van der Waals surface area contributed by atoms with Gasteiger partial charge in [0, 0.05) is 62.4 Å². The number of aliphatic carboxylic acids is 2. The first kappa shape index (κ1) is 72.8. The summed E-state index contributed by atoms with van der Waals surface area (Å²) in [5, 5.41) is 46.1. The molecule has 16 N–H and O–H groups in total. The van der Waals surface area contributed by atoms with Gasteiger partial charge in [-0.3, -0.25) is 38.4 Å². The summed E-state index contributed by atoms with van der Waals surface area (Å²) in [4.78, 5) is 126. The van der Waals surface area contributed by atoms with E-state index < -0.39 is 96.8 Å². The van der Waals surface area contributed by atoms with Crippen LogP contribution in [0.15, 0.2) is 97.1 Å². The van der Waals surface area contributed by atoms with Gasteiger partial charge in [-0.2, -0.15) is 0 Å². The van der Waals surface area contributed by atoms with Crippen LogP contribution in [0.2, 0.25) is 0 Å². The van der Waals surface area contributed by atoms with Crippen molar-refractivity contribution in [3.05, 3.63) is 119 Å². The molecule has 0 unspecified atom stereocenters. The largest absolute Gasteiger partial charge is 0.480 e. The molecule has 2 aliphatic carbocycles. The number of rotatable bonds is 43. The Balaban J connectivity index is 0.831. The van der Waals surface area contributed by atoms with Gasteiger partial charge in [-0.05, 0) is 122 Å². The van der Waals surface area contributed by atoms with Crippen molar-refractivity contribution in [1.82, 2.24) is 53.2 Å². The molecule has 498 valence electrons. The van der Waals surface area contributed by atoms with Gasteiger partial charge in [-0.25, -0.2) is 9.59 Å². The van der Waals surface area contributed by atoms with E-state index in [1.807, 2.05) is 48.5 Å². The zero-order chi connectivity index (χ0) is 66.0. The van der Waals surface area contributed by atoms with Crippen molar-refractivity contribution >= 4 is 81.2 Å². The molecule has 4 aromatic carbocycles. The third-order valence-electron chi connectivity index (χ3n) is 15.2. The van der Waals surface area contributed by atoms with Crippen LogP contribution in [0.4, 0.5) is 9.59 Å². The van der Waals surface area contributed by atoms with Crippen molar-refractivity contribution in [3.63, 3.8) is 0 Å². The first-order valence-electron chi connectivity index (χ1n) is 31.0. The van der Waals surface area contributed by atoms with Crippen molar-refractivity contribution in [2.75, 3.05) is 90.2 Å². The minimum atomic E-state index is -1.33. The van der Waals surface area contributed by atoms with Crippen LogP contribution in [-0.4, -0.2) is 184 Å². The van der Waals surface area contributed by atoms with E-state index in [0.717, 1.165) is 85.4 Å².